The summed E-state index contributed by atoms with van der Waals surface area (Å²) < 4.78 is 0. The predicted molar refractivity (Wildman–Crippen MR) is 133 cm³/mol. The fourth-order valence-corrected chi connectivity index (χ4v) is 2.49. The Labute approximate surface area is 203 Å². The smallest absolute Gasteiger partial charge is 0.323 e. The summed E-state index contributed by atoms with van der Waals surface area (Å²) in [5, 5.41) is 38.9. The van der Waals surface area contributed by atoms with Crippen LogP contribution in [0.3, 0.4) is 0 Å². The number of carbonyl (C=O) groups excluding carboxylic acids is 1. The third kappa shape index (κ3) is 9.10. The molecule has 0 bridgehead atoms. The van der Waals surface area contributed by atoms with Crippen LogP contribution in [0.4, 0.5) is 16.2 Å². The van der Waals surface area contributed by atoms with E-state index < -0.39 is 28.0 Å². The Hall–Kier alpha value is -5.61. The maximum Gasteiger partial charge on any atom is 0.323 e. The second-order valence-corrected chi connectivity index (χ2v) is 6.81. The van der Waals surface area contributed by atoms with E-state index in [4.69, 9.17) is 11.5 Å². The molecule has 0 heterocycles. The number of hydrogen-bond acceptors (Lipinski definition) is 9. The SMILES string of the molecule is C/C(=N/N=C(/N)N[N+](=O)[O-])c1ccc(NC(=O)Nc2ccc(/C(C)=N\N=C(/N)N[N+](=O)[O-])cc2)cc1. The quantitative estimate of drug-likeness (QED) is 0.131. The van der Waals surface area contributed by atoms with E-state index in [1.165, 1.54) is 0 Å². The molecular formula is C19H22N12O5. The average molecular weight is 498 g/mol. The first-order valence-corrected chi connectivity index (χ1v) is 9.90. The molecular weight excluding hydrogens is 476 g/mol. The van der Waals surface area contributed by atoms with Gasteiger partial charge in [0.2, 0.25) is 0 Å². The van der Waals surface area contributed by atoms with Crippen LogP contribution in [-0.4, -0.2) is 39.4 Å². The topological polar surface area (TPSA) is 253 Å². The summed E-state index contributed by atoms with van der Waals surface area (Å²) >= 11 is 0. The van der Waals surface area contributed by atoms with Crippen molar-refractivity contribution < 1.29 is 14.9 Å². The lowest BCUT2D eigenvalue weighted by Gasteiger charge is -2.09. The molecule has 2 aromatic carbocycles. The fraction of sp³-hybridized carbons (Fsp3) is 0.105. The van der Waals surface area contributed by atoms with E-state index in [0.29, 0.717) is 33.9 Å². The van der Waals surface area contributed by atoms with Gasteiger partial charge in [-0.15, -0.1) is 10.2 Å². The second kappa shape index (κ2) is 12.6. The van der Waals surface area contributed by atoms with Crippen molar-refractivity contribution in [2.75, 3.05) is 10.6 Å². The number of guanidine groups is 2. The molecule has 0 unspecified atom stereocenters. The van der Waals surface area contributed by atoms with E-state index in [1.807, 2.05) is 0 Å². The second-order valence-electron chi connectivity index (χ2n) is 6.81. The molecule has 0 fully saturated rings. The van der Waals surface area contributed by atoms with Crippen molar-refractivity contribution in [2.24, 2.45) is 31.9 Å². The summed E-state index contributed by atoms with van der Waals surface area (Å²) in [4.78, 5) is 32.9. The number of nitrogens with two attached hydrogens (primary N) is 2. The first-order chi connectivity index (χ1) is 17.0. The lowest BCUT2D eigenvalue weighted by molar-refractivity contribution is -0.525. The van der Waals surface area contributed by atoms with E-state index >= 15 is 0 Å². The highest BCUT2D eigenvalue weighted by atomic mass is 16.7. The van der Waals surface area contributed by atoms with E-state index in [1.54, 1.807) is 73.2 Å². The van der Waals surface area contributed by atoms with Gasteiger partial charge in [0.15, 0.2) is 10.1 Å². The number of rotatable bonds is 8. The Kier molecular flexibility index (Phi) is 9.31. The number of benzene rings is 2. The molecule has 0 saturated carbocycles. The zero-order valence-corrected chi connectivity index (χ0v) is 19.0. The van der Waals surface area contributed by atoms with Gasteiger partial charge in [0.25, 0.3) is 11.9 Å². The van der Waals surface area contributed by atoms with E-state index in [2.05, 4.69) is 31.0 Å². The summed E-state index contributed by atoms with van der Waals surface area (Å²) in [7, 11) is 0. The van der Waals surface area contributed by atoms with Crippen LogP contribution in [0, 0.1) is 20.2 Å². The molecule has 2 rings (SSSR count). The van der Waals surface area contributed by atoms with Crippen LogP contribution < -0.4 is 33.0 Å². The molecule has 0 aromatic heterocycles. The highest BCUT2D eigenvalue weighted by Gasteiger charge is 2.06. The molecule has 0 saturated heterocycles. The molecule has 8 N–H and O–H groups in total. The molecule has 0 atom stereocenters. The van der Waals surface area contributed by atoms with Gasteiger partial charge >= 0.3 is 6.03 Å². The van der Waals surface area contributed by atoms with E-state index in [0.717, 1.165) is 0 Å². The van der Waals surface area contributed by atoms with Gasteiger partial charge in [-0.1, -0.05) is 35.1 Å². The maximum absolute atomic E-state index is 12.3. The van der Waals surface area contributed by atoms with Crippen LogP contribution in [0.2, 0.25) is 0 Å². The molecule has 36 heavy (non-hydrogen) atoms. The van der Waals surface area contributed by atoms with Gasteiger partial charge in [-0.05, 0) is 49.2 Å². The van der Waals surface area contributed by atoms with Gasteiger partial charge in [-0.25, -0.2) is 25.0 Å². The summed E-state index contributed by atoms with van der Waals surface area (Å²) in [6.45, 7) is 3.28. The number of anilines is 2. The number of nitrogens with zero attached hydrogens (tertiary/aromatic N) is 6. The molecule has 17 nitrogen and oxygen atoms in total. The Morgan fingerprint density at radius 3 is 1.33 bits per heavy atom. The van der Waals surface area contributed by atoms with Crippen molar-refractivity contribution in [3.05, 3.63) is 79.9 Å². The highest BCUT2D eigenvalue weighted by Crippen LogP contribution is 2.14. The van der Waals surface area contributed by atoms with Crippen LogP contribution in [0.25, 0.3) is 0 Å². The molecule has 0 spiro atoms. The van der Waals surface area contributed by atoms with Crippen molar-refractivity contribution in [1.29, 1.82) is 0 Å². The Balaban J connectivity index is 1.95. The van der Waals surface area contributed by atoms with Crippen LogP contribution >= 0.6 is 0 Å². The van der Waals surface area contributed by atoms with E-state index in [-0.39, 0.29) is 0 Å². The lowest BCUT2D eigenvalue weighted by atomic mass is 10.1. The summed E-state index contributed by atoms with van der Waals surface area (Å²) in [5.74, 6) is -0.930. The van der Waals surface area contributed by atoms with Crippen LogP contribution in [0.5, 0.6) is 0 Å². The maximum atomic E-state index is 12.3. The van der Waals surface area contributed by atoms with Gasteiger partial charge in [0, 0.05) is 11.4 Å². The van der Waals surface area contributed by atoms with Crippen molar-refractivity contribution in [2.45, 2.75) is 13.8 Å². The Morgan fingerprint density at radius 1 is 0.694 bits per heavy atom. The molecule has 2 aromatic rings. The van der Waals surface area contributed by atoms with Gasteiger partial charge in [-0.2, -0.15) is 10.2 Å². The summed E-state index contributed by atoms with van der Waals surface area (Å²) in [6, 6.07) is 12.8. The number of carbonyl (C=O) groups is 1. The van der Waals surface area contributed by atoms with Crippen molar-refractivity contribution in [3.8, 4) is 0 Å². The third-order valence-electron chi connectivity index (χ3n) is 4.15. The molecule has 0 aliphatic carbocycles. The first-order valence-electron chi connectivity index (χ1n) is 9.90. The van der Waals surface area contributed by atoms with Crippen LogP contribution in [0.15, 0.2) is 68.9 Å². The minimum Gasteiger partial charge on any atom is -0.364 e. The standard InChI is InChI=1S/C19H22N12O5/c1-11(24-26-17(20)28-30(33)34)13-3-7-15(8-4-13)22-19(32)23-16-9-5-14(6-10-16)12(2)25-27-18(21)29-31(35)36/h3-10H,1-2H3,(H3,20,26,28)(H3,21,27,29)(H2,22,23,32)/b24-11-,25-12-. The molecule has 17 heteroatoms. The lowest BCUT2D eigenvalue weighted by Crippen LogP contribution is -2.35. The van der Waals surface area contributed by atoms with Gasteiger partial charge < -0.3 is 22.1 Å². The average Bonchev–Trinajstić information content (AvgIpc) is 2.81. The summed E-state index contributed by atoms with van der Waals surface area (Å²) in [6.07, 6.45) is 0. The molecule has 0 radical (unpaired) electrons. The first kappa shape index (κ1) is 26.6. The molecule has 2 amide bonds. The van der Waals surface area contributed by atoms with Crippen molar-refractivity contribution >= 4 is 40.7 Å². The van der Waals surface area contributed by atoms with Crippen molar-refractivity contribution in [1.82, 2.24) is 10.9 Å². The number of urea groups is 1. The summed E-state index contributed by atoms with van der Waals surface area (Å²) in [5.41, 5.74) is 17.2. The van der Waals surface area contributed by atoms with Crippen LogP contribution in [0.1, 0.15) is 25.0 Å². The Bertz CT molecular complexity index is 1140. The predicted octanol–water partition coefficient (Wildman–Crippen LogP) is 0.971. The van der Waals surface area contributed by atoms with Crippen LogP contribution in [-0.2, 0) is 0 Å². The number of nitrogens with one attached hydrogen (secondary N) is 4. The van der Waals surface area contributed by atoms with Gasteiger partial charge in [0.1, 0.15) is 0 Å². The highest BCUT2D eigenvalue weighted by molar-refractivity contribution is 6.02. The molecule has 0 aliphatic rings. The zero-order valence-electron chi connectivity index (χ0n) is 19.0. The number of hydrazine groups is 2. The third-order valence-corrected chi connectivity index (χ3v) is 4.15. The zero-order chi connectivity index (χ0) is 26.7. The largest absolute Gasteiger partial charge is 0.364 e. The number of nitro groups is 2. The fourth-order valence-electron chi connectivity index (χ4n) is 2.49. The minimum atomic E-state index is -0.854. The molecule has 0 aliphatic heterocycles. The van der Waals surface area contributed by atoms with Crippen molar-refractivity contribution in [3.63, 3.8) is 0 Å². The van der Waals surface area contributed by atoms with Gasteiger partial charge in [-0.3, -0.25) is 0 Å². The van der Waals surface area contributed by atoms with Gasteiger partial charge in [0.05, 0.1) is 11.4 Å². The normalized spacial score (nSPS) is 12.5. The number of amides is 2. The Morgan fingerprint density at radius 2 is 1.03 bits per heavy atom. The monoisotopic (exact) mass is 498 g/mol. The van der Waals surface area contributed by atoms with E-state index in [9.17, 15) is 25.0 Å². The molecule has 188 valence electrons. The minimum absolute atomic E-state index is 0.445. The number of hydrogen-bond donors (Lipinski definition) is 6.